The first kappa shape index (κ1) is 21.8. The Morgan fingerprint density at radius 3 is 2.44 bits per heavy atom. The molecule has 0 atom stereocenters. The number of halogens is 3. The molecule has 0 aliphatic carbocycles. The van der Waals surface area contributed by atoms with E-state index >= 15 is 0 Å². The van der Waals surface area contributed by atoms with E-state index in [0.717, 1.165) is 18.2 Å². The molecule has 1 aromatic carbocycles. The monoisotopic (exact) mass is 398 g/mol. The molecule has 0 spiro atoms. The van der Waals surface area contributed by atoms with Crippen molar-refractivity contribution in [2.24, 2.45) is 0 Å². The molecule has 25 heavy (non-hydrogen) atoms. The Hall–Kier alpha value is -1.26. The highest BCUT2D eigenvalue weighted by molar-refractivity contribution is 7.92. The Morgan fingerprint density at radius 1 is 1.24 bits per heavy atom. The van der Waals surface area contributed by atoms with E-state index in [1.54, 1.807) is 0 Å². The highest BCUT2D eigenvalue weighted by Crippen LogP contribution is 2.28. The maximum atomic E-state index is 14.3. The zero-order valence-electron chi connectivity index (χ0n) is 14.7. The highest BCUT2D eigenvalue weighted by Gasteiger charge is 2.27. The third-order valence-corrected chi connectivity index (χ3v) is 6.93. The van der Waals surface area contributed by atoms with Crippen LogP contribution < -0.4 is 10.0 Å². The Kier molecular flexibility index (Phi) is 7.76. The molecule has 0 fully saturated rings. The van der Waals surface area contributed by atoms with Crippen LogP contribution in [0.1, 0.15) is 6.42 Å². The lowest BCUT2D eigenvalue weighted by Gasteiger charge is -2.25. The number of sulfonamides is 1. The van der Waals surface area contributed by atoms with Gasteiger partial charge in [-0.3, -0.25) is 4.39 Å². The minimum Gasteiger partial charge on any atom is -0.394 e. The fraction of sp³-hybridized carbons (Fsp3) is 0.600. The number of alkyl halides is 1. The van der Waals surface area contributed by atoms with Crippen LogP contribution in [0, 0.1) is 11.6 Å². The van der Waals surface area contributed by atoms with Gasteiger partial charge >= 0.3 is 0 Å². The third-order valence-electron chi connectivity index (χ3n) is 3.45. The molecule has 144 valence electrons. The van der Waals surface area contributed by atoms with Gasteiger partial charge in [0.25, 0.3) is 0 Å². The Labute approximate surface area is 148 Å². The molecule has 10 heteroatoms. The highest BCUT2D eigenvalue weighted by atomic mass is 32.2. The van der Waals surface area contributed by atoms with Gasteiger partial charge in [-0.05, 0) is 24.6 Å². The van der Waals surface area contributed by atoms with Gasteiger partial charge in [0.1, 0.15) is 18.2 Å². The number of hydrogen-bond donors (Lipinski definition) is 1. The maximum Gasteiger partial charge on any atom is 0.237 e. The number of nitrogen functional groups attached to an aromatic ring is 1. The average molecular weight is 399 g/mol. The van der Waals surface area contributed by atoms with Crippen LogP contribution in [-0.2, 0) is 14.8 Å². The lowest BCUT2D eigenvalue weighted by Crippen LogP contribution is -2.36. The van der Waals surface area contributed by atoms with Crippen LogP contribution in [0.5, 0.6) is 0 Å². The van der Waals surface area contributed by atoms with Gasteiger partial charge in [-0.1, -0.05) is 19.6 Å². The van der Waals surface area contributed by atoms with Crippen molar-refractivity contribution in [2.75, 3.05) is 35.8 Å². The van der Waals surface area contributed by atoms with E-state index < -0.39 is 60.3 Å². The van der Waals surface area contributed by atoms with Crippen molar-refractivity contribution in [1.29, 1.82) is 0 Å². The molecule has 0 bridgehead atoms. The second-order valence-corrected chi connectivity index (χ2v) is 14.5. The molecular weight excluding hydrogens is 373 g/mol. The number of rotatable bonds is 10. The average Bonchev–Trinajstić information content (AvgIpc) is 2.51. The zero-order valence-corrected chi connectivity index (χ0v) is 16.5. The van der Waals surface area contributed by atoms with Crippen molar-refractivity contribution in [3.63, 3.8) is 0 Å². The van der Waals surface area contributed by atoms with Gasteiger partial charge in [0, 0.05) is 14.7 Å². The Balaban J connectivity index is 3.06. The van der Waals surface area contributed by atoms with Gasteiger partial charge in [0.05, 0.1) is 18.1 Å². The molecule has 0 aromatic heterocycles. The molecule has 0 saturated carbocycles. The van der Waals surface area contributed by atoms with Gasteiger partial charge in [-0.15, -0.1) is 0 Å². The van der Waals surface area contributed by atoms with Crippen LogP contribution in [0.15, 0.2) is 12.1 Å². The summed E-state index contributed by atoms with van der Waals surface area (Å²) >= 11 is 0. The predicted octanol–water partition coefficient (Wildman–Crippen LogP) is 3.36. The van der Waals surface area contributed by atoms with Crippen molar-refractivity contribution in [3.8, 4) is 0 Å². The summed E-state index contributed by atoms with van der Waals surface area (Å²) in [5, 5.41) is 0. The molecule has 0 unspecified atom stereocenters. The first-order chi connectivity index (χ1) is 11.5. The SMILES string of the molecule is C[Si](C)(C)CCOCN(c1ccc(F)c(N)c1F)S(=O)(=O)CCCF. The summed E-state index contributed by atoms with van der Waals surface area (Å²) in [6, 6.07) is 2.66. The van der Waals surface area contributed by atoms with Gasteiger partial charge in [-0.25, -0.2) is 21.5 Å². The van der Waals surface area contributed by atoms with E-state index in [9.17, 15) is 21.6 Å². The summed E-state index contributed by atoms with van der Waals surface area (Å²) < 4.78 is 70.9. The minimum absolute atomic E-state index is 0.230. The van der Waals surface area contributed by atoms with Crippen LogP contribution in [0.25, 0.3) is 0 Å². The molecule has 0 radical (unpaired) electrons. The van der Waals surface area contributed by atoms with E-state index in [-0.39, 0.29) is 6.42 Å². The first-order valence-electron chi connectivity index (χ1n) is 7.87. The van der Waals surface area contributed by atoms with Crippen LogP contribution >= 0.6 is 0 Å². The van der Waals surface area contributed by atoms with Gasteiger partial charge in [0.15, 0.2) is 5.82 Å². The molecule has 0 aliphatic heterocycles. The summed E-state index contributed by atoms with van der Waals surface area (Å²) in [7, 11) is -5.43. The number of nitrogens with two attached hydrogens (primary N) is 1. The molecule has 5 nitrogen and oxygen atoms in total. The van der Waals surface area contributed by atoms with Crippen molar-refractivity contribution >= 4 is 29.5 Å². The van der Waals surface area contributed by atoms with Crippen molar-refractivity contribution in [3.05, 3.63) is 23.8 Å². The standard InChI is InChI=1S/C15H25F3N2O3SSi/c1-25(2,3)10-8-23-11-20(24(21,22)9-4-7-16)13-6-5-12(17)15(19)14(13)18/h5-6H,4,7-11,19H2,1-3H3. The molecule has 2 N–H and O–H groups in total. The predicted molar refractivity (Wildman–Crippen MR) is 96.6 cm³/mol. The van der Waals surface area contributed by atoms with E-state index in [2.05, 4.69) is 19.6 Å². The Morgan fingerprint density at radius 2 is 1.88 bits per heavy atom. The third kappa shape index (κ3) is 6.52. The fourth-order valence-electron chi connectivity index (χ4n) is 1.92. The fourth-order valence-corrected chi connectivity index (χ4v) is 4.05. The van der Waals surface area contributed by atoms with Gasteiger partial charge < -0.3 is 10.5 Å². The molecule has 0 aliphatic rings. The summed E-state index contributed by atoms with van der Waals surface area (Å²) in [5.41, 5.74) is 4.12. The van der Waals surface area contributed by atoms with Gasteiger partial charge in [0.2, 0.25) is 10.0 Å². The molecule has 1 aromatic rings. The quantitative estimate of drug-likeness (QED) is 0.284. The van der Waals surface area contributed by atoms with Crippen LogP contribution in [0.3, 0.4) is 0 Å². The maximum absolute atomic E-state index is 14.3. The van der Waals surface area contributed by atoms with Crippen molar-refractivity contribution < 1.29 is 26.3 Å². The number of hydrogen-bond acceptors (Lipinski definition) is 4. The molecule has 0 heterocycles. The topological polar surface area (TPSA) is 72.6 Å². The lowest BCUT2D eigenvalue weighted by atomic mass is 10.2. The number of anilines is 2. The van der Waals surface area contributed by atoms with Crippen LogP contribution in [0.2, 0.25) is 25.7 Å². The molecule has 0 saturated heterocycles. The lowest BCUT2D eigenvalue weighted by molar-refractivity contribution is 0.156. The minimum atomic E-state index is -4.04. The van der Waals surface area contributed by atoms with Crippen molar-refractivity contribution in [2.45, 2.75) is 32.1 Å². The van der Waals surface area contributed by atoms with Crippen LogP contribution in [0.4, 0.5) is 24.5 Å². The largest absolute Gasteiger partial charge is 0.394 e. The van der Waals surface area contributed by atoms with Gasteiger partial charge in [-0.2, -0.15) is 0 Å². The van der Waals surface area contributed by atoms with Crippen LogP contribution in [-0.4, -0.2) is 42.3 Å². The summed E-state index contributed by atoms with van der Waals surface area (Å²) in [5.74, 6) is -2.68. The molecular formula is C15H25F3N2O3SSi. The molecule has 1 rings (SSSR count). The van der Waals surface area contributed by atoms with E-state index in [1.165, 1.54) is 0 Å². The number of ether oxygens (including phenoxy) is 1. The first-order valence-corrected chi connectivity index (χ1v) is 13.2. The summed E-state index contributed by atoms with van der Waals surface area (Å²) in [6.45, 7) is 5.44. The van der Waals surface area contributed by atoms with E-state index in [4.69, 9.17) is 10.5 Å². The zero-order chi connectivity index (χ0) is 19.3. The van der Waals surface area contributed by atoms with Crippen molar-refractivity contribution in [1.82, 2.24) is 0 Å². The smallest absolute Gasteiger partial charge is 0.237 e. The number of benzene rings is 1. The number of nitrogens with zero attached hydrogens (tertiary/aromatic N) is 1. The normalized spacial score (nSPS) is 12.4. The Bertz CT molecular complexity index is 681. The van der Waals surface area contributed by atoms with E-state index in [0.29, 0.717) is 10.9 Å². The second kappa shape index (κ2) is 8.90. The summed E-state index contributed by atoms with van der Waals surface area (Å²) in [6.07, 6.45) is -0.230. The molecule has 0 amide bonds. The summed E-state index contributed by atoms with van der Waals surface area (Å²) in [4.78, 5) is 0. The second-order valence-electron chi connectivity index (χ2n) is 6.85. The van der Waals surface area contributed by atoms with E-state index in [1.807, 2.05) is 0 Å².